The minimum absolute atomic E-state index is 0.0114. The van der Waals surface area contributed by atoms with Crippen LogP contribution in [0, 0.1) is 6.92 Å². The molecule has 1 saturated heterocycles. The topological polar surface area (TPSA) is 79.9 Å². The first-order chi connectivity index (χ1) is 12.1. The Hall–Kier alpha value is -2.12. The lowest BCUT2D eigenvalue weighted by atomic mass is 10.0. The summed E-state index contributed by atoms with van der Waals surface area (Å²) in [4.78, 5) is 26.2. The van der Waals surface area contributed by atoms with Crippen molar-refractivity contribution in [2.45, 2.75) is 32.2 Å². The molecule has 1 aliphatic rings. The zero-order chi connectivity index (χ0) is 18.2. The molecular formula is C18H27N3O4. The number of nitrogens with zero attached hydrogens (tertiary/aromatic N) is 1. The van der Waals surface area contributed by atoms with Gasteiger partial charge < -0.3 is 25.0 Å². The summed E-state index contributed by atoms with van der Waals surface area (Å²) in [5.74, 6) is -0.231. The lowest BCUT2D eigenvalue weighted by Crippen LogP contribution is -2.48. The highest BCUT2D eigenvalue weighted by Crippen LogP contribution is 2.25. The average Bonchev–Trinajstić information content (AvgIpc) is 2.59. The predicted octanol–water partition coefficient (Wildman–Crippen LogP) is 2.61. The van der Waals surface area contributed by atoms with E-state index in [9.17, 15) is 9.59 Å². The Morgan fingerprint density at radius 2 is 1.88 bits per heavy atom. The number of anilines is 2. The summed E-state index contributed by atoms with van der Waals surface area (Å²) < 4.78 is 10.1. The van der Waals surface area contributed by atoms with Gasteiger partial charge in [0.1, 0.15) is 6.61 Å². The van der Waals surface area contributed by atoms with Gasteiger partial charge in [-0.2, -0.15) is 0 Å². The molecule has 0 aromatic heterocycles. The highest BCUT2D eigenvalue weighted by molar-refractivity contribution is 5.95. The van der Waals surface area contributed by atoms with Gasteiger partial charge in [-0.05, 0) is 43.9 Å². The van der Waals surface area contributed by atoms with Crippen LogP contribution in [-0.2, 0) is 14.3 Å². The van der Waals surface area contributed by atoms with Crippen LogP contribution in [0.3, 0.4) is 0 Å². The molecular weight excluding hydrogens is 322 g/mol. The van der Waals surface area contributed by atoms with E-state index in [2.05, 4.69) is 10.6 Å². The summed E-state index contributed by atoms with van der Waals surface area (Å²) in [7, 11) is 3.12. The highest BCUT2D eigenvalue weighted by Gasteiger charge is 2.27. The number of urea groups is 1. The number of methoxy groups -OCH3 is 2. The summed E-state index contributed by atoms with van der Waals surface area (Å²) in [5, 5.41) is 5.75. The van der Waals surface area contributed by atoms with Gasteiger partial charge in [0.25, 0.3) is 0 Å². The molecule has 0 radical (unpaired) electrons. The normalized spacial score (nSPS) is 17.2. The van der Waals surface area contributed by atoms with Crippen molar-refractivity contribution < 1.29 is 19.1 Å². The van der Waals surface area contributed by atoms with Crippen LogP contribution in [0.4, 0.5) is 16.2 Å². The second-order valence-corrected chi connectivity index (χ2v) is 6.19. The Morgan fingerprint density at radius 3 is 2.56 bits per heavy atom. The Balaban J connectivity index is 2.08. The number of hydrogen-bond donors (Lipinski definition) is 2. The zero-order valence-electron chi connectivity index (χ0n) is 15.1. The van der Waals surface area contributed by atoms with Crippen molar-refractivity contribution in [3.8, 4) is 0 Å². The summed E-state index contributed by atoms with van der Waals surface area (Å²) in [6, 6.07) is 5.39. The molecule has 0 saturated carbocycles. The maximum absolute atomic E-state index is 12.7. The largest absolute Gasteiger partial charge is 0.383 e. The van der Waals surface area contributed by atoms with E-state index < -0.39 is 0 Å². The fraction of sp³-hybridized carbons (Fsp3) is 0.556. The number of carbonyl (C=O) groups excluding carboxylic acids is 2. The number of rotatable bonds is 6. The van der Waals surface area contributed by atoms with Gasteiger partial charge in [-0.3, -0.25) is 4.79 Å². The molecule has 1 aromatic carbocycles. The van der Waals surface area contributed by atoms with Crippen molar-refractivity contribution in [2.75, 3.05) is 44.6 Å². The number of piperidine rings is 1. The molecule has 1 fully saturated rings. The monoisotopic (exact) mass is 349 g/mol. The molecule has 1 atom stereocenters. The maximum Gasteiger partial charge on any atom is 0.322 e. The molecule has 7 heteroatoms. The third kappa shape index (κ3) is 5.17. The Labute approximate surface area is 148 Å². The van der Waals surface area contributed by atoms with Crippen LogP contribution in [-0.4, -0.2) is 56.9 Å². The van der Waals surface area contributed by atoms with E-state index in [1.54, 1.807) is 19.2 Å². The van der Waals surface area contributed by atoms with Crippen LogP contribution in [0.5, 0.6) is 0 Å². The molecule has 25 heavy (non-hydrogen) atoms. The summed E-state index contributed by atoms with van der Waals surface area (Å²) in [6.07, 6.45) is 3.06. The van der Waals surface area contributed by atoms with Crippen LogP contribution in [0.1, 0.15) is 24.8 Å². The Morgan fingerprint density at radius 1 is 1.16 bits per heavy atom. The highest BCUT2D eigenvalue weighted by atomic mass is 16.5. The van der Waals surface area contributed by atoms with Gasteiger partial charge in [0.2, 0.25) is 5.91 Å². The maximum atomic E-state index is 12.7. The van der Waals surface area contributed by atoms with Gasteiger partial charge in [-0.1, -0.05) is 6.07 Å². The van der Waals surface area contributed by atoms with E-state index in [0.29, 0.717) is 18.0 Å². The first kappa shape index (κ1) is 19.2. The predicted molar refractivity (Wildman–Crippen MR) is 96.9 cm³/mol. The van der Waals surface area contributed by atoms with Gasteiger partial charge >= 0.3 is 6.03 Å². The van der Waals surface area contributed by atoms with Gasteiger partial charge in [0, 0.05) is 32.1 Å². The molecule has 7 nitrogen and oxygen atoms in total. The molecule has 0 bridgehead atoms. The smallest absolute Gasteiger partial charge is 0.322 e. The van der Waals surface area contributed by atoms with E-state index in [-0.39, 0.29) is 24.6 Å². The molecule has 3 amide bonds. The number of amides is 3. The van der Waals surface area contributed by atoms with Crippen molar-refractivity contribution in [1.82, 2.24) is 4.90 Å². The van der Waals surface area contributed by atoms with Crippen LogP contribution >= 0.6 is 0 Å². The van der Waals surface area contributed by atoms with E-state index in [1.165, 1.54) is 7.11 Å². The summed E-state index contributed by atoms with van der Waals surface area (Å²) in [5.41, 5.74) is 2.15. The number of hydrogen-bond acceptors (Lipinski definition) is 4. The van der Waals surface area contributed by atoms with Crippen LogP contribution < -0.4 is 10.6 Å². The second kappa shape index (κ2) is 9.39. The Kier molecular flexibility index (Phi) is 7.21. The quantitative estimate of drug-likeness (QED) is 0.827. The Bertz CT molecular complexity index is 604. The minimum atomic E-state index is -0.231. The summed E-state index contributed by atoms with van der Waals surface area (Å²) >= 11 is 0. The van der Waals surface area contributed by atoms with Crippen LogP contribution in [0.2, 0.25) is 0 Å². The third-order valence-corrected chi connectivity index (χ3v) is 4.37. The van der Waals surface area contributed by atoms with E-state index in [0.717, 1.165) is 31.4 Å². The fourth-order valence-corrected chi connectivity index (χ4v) is 3.04. The van der Waals surface area contributed by atoms with Crippen molar-refractivity contribution in [3.63, 3.8) is 0 Å². The molecule has 2 N–H and O–H groups in total. The van der Waals surface area contributed by atoms with Crippen molar-refractivity contribution in [3.05, 3.63) is 23.8 Å². The van der Waals surface area contributed by atoms with Gasteiger partial charge in [0.15, 0.2) is 0 Å². The number of carbonyl (C=O) groups is 2. The second-order valence-electron chi connectivity index (χ2n) is 6.19. The van der Waals surface area contributed by atoms with Crippen molar-refractivity contribution in [1.29, 1.82) is 0 Å². The number of nitrogens with one attached hydrogen (secondary N) is 2. The van der Waals surface area contributed by atoms with E-state index in [1.807, 2.05) is 17.9 Å². The number of likely N-dealkylation sites (tertiary alicyclic amines) is 1. The number of ether oxygens (including phenoxy) is 2. The van der Waals surface area contributed by atoms with Gasteiger partial charge in [-0.25, -0.2) is 4.79 Å². The molecule has 1 aromatic rings. The molecule has 0 unspecified atom stereocenters. The molecule has 1 heterocycles. The third-order valence-electron chi connectivity index (χ3n) is 4.37. The fourth-order valence-electron chi connectivity index (χ4n) is 3.04. The minimum Gasteiger partial charge on any atom is -0.383 e. The molecule has 1 aliphatic heterocycles. The van der Waals surface area contributed by atoms with Gasteiger partial charge in [0.05, 0.1) is 12.6 Å². The molecule has 0 spiro atoms. The molecule has 2 rings (SSSR count). The SMILES string of the molecule is COCC(=O)Nc1cccc(NC(=O)N2CCCC[C@H]2COC)c1C. The van der Waals surface area contributed by atoms with E-state index in [4.69, 9.17) is 9.47 Å². The molecule has 138 valence electrons. The standard InChI is InChI=1S/C18H27N3O4/c1-13-15(19-17(22)12-25-3)8-6-9-16(13)20-18(23)21-10-5-4-7-14(21)11-24-2/h6,8-9,14H,4-5,7,10-12H2,1-3H3,(H,19,22)(H,20,23)/t14-/m0/s1. The average molecular weight is 349 g/mol. The summed E-state index contributed by atoms with van der Waals surface area (Å²) in [6.45, 7) is 3.12. The van der Waals surface area contributed by atoms with Gasteiger partial charge in [-0.15, -0.1) is 0 Å². The van der Waals surface area contributed by atoms with Crippen molar-refractivity contribution in [2.24, 2.45) is 0 Å². The van der Waals surface area contributed by atoms with Crippen molar-refractivity contribution >= 4 is 23.3 Å². The molecule has 0 aliphatic carbocycles. The van der Waals surface area contributed by atoms with E-state index >= 15 is 0 Å². The zero-order valence-corrected chi connectivity index (χ0v) is 15.1. The first-order valence-electron chi connectivity index (χ1n) is 8.51. The van der Waals surface area contributed by atoms with Crippen LogP contribution in [0.25, 0.3) is 0 Å². The lowest BCUT2D eigenvalue weighted by Gasteiger charge is -2.35. The number of benzene rings is 1. The van der Waals surface area contributed by atoms with Crippen LogP contribution in [0.15, 0.2) is 18.2 Å². The lowest BCUT2D eigenvalue weighted by molar-refractivity contribution is -0.119. The first-order valence-corrected chi connectivity index (χ1v) is 8.51.